The Kier molecular flexibility index (Phi) is 3.01. The number of carbonyl (C=O) groups excluding carboxylic acids is 1. The van der Waals surface area contributed by atoms with Crippen molar-refractivity contribution >= 4 is 43.9 Å². The van der Waals surface area contributed by atoms with Crippen molar-refractivity contribution in [3.63, 3.8) is 0 Å². The number of ether oxygens (including phenoxy) is 2. The van der Waals surface area contributed by atoms with Crippen LogP contribution in [-0.2, 0) is 11.2 Å². The van der Waals surface area contributed by atoms with Crippen LogP contribution in [0.3, 0.4) is 0 Å². The molecule has 21 heavy (non-hydrogen) atoms. The summed E-state index contributed by atoms with van der Waals surface area (Å²) in [5.41, 5.74) is 0.802. The van der Waals surface area contributed by atoms with Crippen molar-refractivity contribution in [3.8, 4) is 11.5 Å². The number of fused-ring (bicyclic) bond motifs is 2. The van der Waals surface area contributed by atoms with Crippen LogP contribution in [0.1, 0.15) is 4.88 Å². The highest BCUT2D eigenvalue weighted by atomic mass is 32.1. The van der Waals surface area contributed by atoms with Crippen LogP contribution in [0.25, 0.3) is 10.2 Å². The number of amides is 1. The van der Waals surface area contributed by atoms with E-state index in [0.717, 1.165) is 20.8 Å². The first-order valence-corrected chi connectivity index (χ1v) is 8.00. The predicted octanol–water partition coefficient (Wildman–Crippen LogP) is 3.27. The van der Waals surface area contributed by atoms with E-state index in [4.69, 9.17) is 9.47 Å². The number of nitrogens with zero attached hydrogens (tertiary/aromatic N) is 1. The first-order valence-electron chi connectivity index (χ1n) is 6.30. The molecule has 1 aromatic carbocycles. The van der Waals surface area contributed by atoms with Crippen LogP contribution in [0.15, 0.2) is 29.6 Å². The summed E-state index contributed by atoms with van der Waals surface area (Å²) in [6.07, 6.45) is 0.371. The minimum atomic E-state index is -0.0588. The smallest absolute Gasteiger partial charge is 0.231 e. The van der Waals surface area contributed by atoms with E-state index in [0.29, 0.717) is 17.3 Å². The number of nitrogens with one attached hydrogen (secondary N) is 1. The molecule has 1 amide bonds. The van der Waals surface area contributed by atoms with Crippen molar-refractivity contribution in [1.82, 2.24) is 4.98 Å². The van der Waals surface area contributed by atoms with Gasteiger partial charge in [-0.25, -0.2) is 4.98 Å². The fourth-order valence-corrected chi connectivity index (χ4v) is 3.70. The van der Waals surface area contributed by atoms with Crippen molar-refractivity contribution in [2.75, 3.05) is 12.1 Å². The van der Waals surface area contributed by atoms with Gasteiger partial charge in [0.25, 0.3) is 0 Å². The number of anilines is 1. The van der Waals surface area contributed by atoms with Gasteiger partial charge in [-0.1, -0.05) is 17.4 Å². The number of carbonyl (C=O) groups is 1. The summed E-state index contributed by atoms with van der Waals surface area (Å²) in [5, 5.41) is 5.39. The molecule has 5 nitrogen and oxygen atoms in total. The molecular weight excluding hydrogens is 308 g/mol. The molecule has 0 spiro atoms. The molecule has 1 aliphatic rings. The van der Waals surface area contributed by atoms with Crippen LogP contribution in [-0.4, -0.2) is 17.7 Å². The molecule has 106 valence electrons. The van der Waals surface area contributed by atoms with Crippen LogP contribution in [0.5, 0.6) is 11.5 Å². The second kappa shape index (κ2) is 5.01. The summed E-state index contributed by atoms with van der Waals surface area (Å²) in [4.78, 5) is 17.4. The molecule has 3 aromatic rings. The Hall–Kier alpha value is -2.12. The third kappa shape index (κ3) is 2.45. The van der Waals surface area contributed by atoms with E-state index in [1.54, 1.807) is 11.3 Å². The molecule has 2 aromatic heterocycles. The molecule has 4 rings (SSSR count). The number of hydrogen-bond acceptors (Lipinski definition) is 6. The number of rotatable bonds is 3. The lowest BCUT2D eigenvalue weighted by molar-refractivity contribution is -0.115. The van der Waals surface area contributed by atoms with Gasteiger partial charge in [-0.3, -0.25) is 4.79 Å². The van der Waals surface area contributed by atoms with E-state index in [2.05, 4.69) is 10.3 Å². The Morgan fingerprint density at radius 1 is 1.33 bits per heavy atom. The van der Waals surface area contributed by atoms with Crippen molar-refractivity contribution in [3.05, 3.63) is 34.5 Å². The van der Waals surface area contributed by atoms with Gasteiger partial charge in [0.05, 0.1) is 16.6 Å². The van der Waals surface area contributed by atoms with E-state index >= 15 is 0 Å². The zero-order valence-electron chi connectivity index (χ0n) is 10.8. The Labute approximate surface area is 128 Å². The van der Waals surface area contributed by atoms with Gasteiger partial charge in [0, 0.05) is 17.0 Å². The second-order valence-electron chi connectivity index (χ2n) is 4.50. The highest BCUT2D eigenvalue weighted by molar-refractivity contribution is 7.22. The van der Waals surface area contributed by atoms with Gasteiger partial charge in [0.2, 0.25) is 12.7 Å². The monoisotopic (exact) mass is 318 g/mol. The number of hydrogen-bond donors (Lipinski definition) is 1. The third-order valence-electron chi connectivity index (χ3n) is 3.04. The summed E-state index contributed by atoms with van der Waals surface area (Å²) in [7, 11) is 0. The topological polar surface area (TPSA) is 60.5 Å². The number of thiophene rings is 1. The van der Waals surface area contributed by atoms with Crippen LogP contribution >= 0.6 is 22.7 Å². The molecule has 0 unspecified atom stereocenters. The first-order chi connectivity index (χ1) is 10.3. The third-order valence-corrected chi connectivity index (χ3v) is 4.85. The molecule has 0 fully saturated rings. The van der Waals surface area contributed by atoms with E-state index in [1.807, 2.05) is 29.6 Å². The normalized spacial score (nSPS) is 12.8. The molecule has 0 radical (unpaired) electrons. The van der Waals surface area contributed by atoms with E-state index in [-0.39, 0.29) is 12.7 Å². The second-order valence-corrected chi connectivity index (χ2v) is 6.56. The molecule has 0 bridgehead atoms. The van der Waals surface area contributed by atoms with E-state index < -0.39 is 0 Å². The fraction of sp³-hybridized carbons (Fsp3) is 0.143. The summed E-state index contributed by atoms with van der Waals surface area (Å²) in [5.74, 6) is 1.36. The molecule has 0 saturated carbocycles. The maximum Gasteiger partial charge on any atom is 0.231 e. The predicted molar refractivity (Wildman–Crippen MR) is 82.4 cm³/mol. The van der Waals surface area contributed by atoms with Crippen LogP contribution in [0, 0.1) is 0 Å². The quantitative estimate of drug-likeness (QED) is 0.805. The first kappa shape index (κ1) is 12.6. The van der Waals surface area contributed by atoms with E-state index in [9.17, 15) is 4.79 Å². The lowest BCUT2D eigenvalue weighted by Crippen LogP contribution is -2.13. The maximum atomic E-state index is 12.0. The van der Waals surface area contributed by atoms with Gasteiger partial charge < -0.3 is 14.8 Å². The van der Waals surface area contributed by atoms with Crippen molar-refractivity contribution in [1.29, 1.82) is 0 Å². The summed E-state index contributed by atoms with van der Waals surface area (Å²) in [6, 6.07) is 7.61. The molecule has 0 atom stereocenters. The zero-order valence-corrected chi connectivity index (χ0v) is 12.4. The summed E-state index contributed by atoms with van der Waals surface area (Å²) < 4.78 is 11.6. The SMILES string of the molecule is O=C(Cc1cccs1)Nc1nc2cc3c(cc2s1)OCO3. The minimum Gasteiger partial charge on any atom is -0.454 e. The summed E-state index contributed by atoms with van der Waals surface area (Å²) >= 11 is 3.00. The van der Waals surface area contributed by atoms with Crippen LogP contribution in [0.2, 0.25) is 0 Å². The van der Waals surface area contributed by atoms with Gasteiger partial charge in [-0.15, -0.1) is 11.3 Å². The van der Waals surface area contributed by atoms with Gasteiger partial charge in [0.1, 0.15) is 0 Å². The molecule has 0 saturated heterocycles. The largest absolute Gasteiger partial charge is 0.454 e. The Morgan fingerprint density at radius 3 is 3.00 bits per heavy atom. The van der Waals surface area contributed by atoms with Crippen molar-refractivity contribution in [2.24, 2.45) is 0 Å². The number of aromatic nitrogens is 1. The standard InChI is InChI=1S/C14H10N2O3S2/c17-13(4-8-2-1-3-20-8)16-14-15-9-5-10-11(19-7-18-10)6-12(9)21-14/h1-3,5-6H,4,7H2,(H,15,16,17). The van der Waals surface area contributed by atoms with Crippen molar-refractivity contribution < 1.29 is 14.3 Å². The molecular formula is C14H10N2O3S2. The van der Waals surface area contributed by atoms with Gasteiger partial charge in [-0.2, -0.15) is 0 Å². The Balaban J connectivity index is 1.55. The minimum absolute atomic E-state index is 0.0588. The lowest BCUT2D eigenvalue weighted by atomic mass is 10.3. The highest BCUT2D eigenvalue weighted by Crippen LogP contribution is 2.38. The Bertz CT molecular complexity index is 770. The van der Waals surface area contributed by atoms with Crippen molar-refractivity contribution in [2.45, 2.75) is 6.42 Å². The molecule has 0 aliphatic carbocycles. The number of benzene rings is 1. The van der Waals surface area contributed by atoms with Gasteiger partial charge in [-0.05, 0) is 11.4 Å². The average molecular weight is 318 g/mol. The molecule has 7 heteroatoms. The van der Waals surface area contributed by atoms with E-state index in [1.165, 1.54) is 11.3 Å². The van der Waals surface area contributed by atoms with Crippen LogP contribution in [0.4, 0.5) is 5.13 Å². The molecule has 1 N–H and O–H groups in total. The average Bonchev–Trinajstić information content (AvgIpc) is 3.14. The fourth-order valence-electron chi connectivity index (χ4n) is 2.11. The van der Waals surface area contributed by atoms with Gasteiger partial charge in [0.15, 0.2) is 16.6 Å². The summed E-state index contributed by atoms with van der Waals surface area (Å²) in [6.45, 7) is 0.247. The molecule has 1 aliphatic heterocycles. The molecule has 3 heterocycles. The van der Waals surface area contributed by atoms with Crippen LogP contribution < -0.4 is 14.8 Å². The lowest BCUT2D eigenvalue weighted by Gasteiger charge is -1.98. The number of thiazole rings is 1. The maximum absolute atomic E-state index is 12.0. The van der Waals surface area contributed by atoms with Gasteiger partial charge >= 0.3 is 0 Å². The highest BCUT2D eigenvalue weighted by Gasteiger charge is 2.17. The zero-order chi connectivity index (χ0) is 14.2. The Morgan fingerprint density at radius 2 is 2.19 bits per heavy atom.